The summed E-state index contributed by atoms with van der Waals surface area (Å²) in [7, 11) is 0. The number of nitrogens with two attached hydrogens (primary N) is 2. The first kappa shape index (κ1) is 9.36. The zero-order chi connectivity index (χ0) is 9.84. The largest absolute Gasteiger partial charge is 0.383 e. The van der Waals surface area contributed by atoms with Gasteiger partial charge in [-0.25, -0.2) is 4.98 Å². The number of amides is 1. The minimum Gasteiger partial charge on any atom is -0.383 e. The van der Waals surface area contributed by atoms with Gasteiger partial charge in [0.05, 0.1) is 10.6 Å². The molecule has 1 heterocycles. The lowest BCUT2D eigenvalue weighted by Gasteiger charge is -1.97. The van der Waals surface area contributed by atoms with E-state index in [1.54, 1.807) is 0 Å². The normalized spacial score (nSPS) is 8.69. The molecule has 1 aromatic rings. The van der Waals surface area contributed by atoms with Gasteiger partial charge in [0, 0.05) is 12.1 Å². The minimum atomic E-state index is -0.737. The second kappa shape index (κ2) is 3.78. The maximum Gasteiger partial charge on any atom is 0.293 e. The van der Waals surface area contributed by atoms with Crippen LogP contribution in [0.15, 0.2) is 12.3 Å². The van der Waals surface area contributed by atoms with E-state index in [1.807, 2.05) is 0 Å². The maximum atomic E-state index is 10.3. The second-order valence-electron chi connectivity index (χ2n) is 2.17. The van der Waals surface area contributed by atoms with E-state index in [4.69, 9.17) is 23.1 Å². The predicted octanol–water partition coefficient (Wildman–Crippen LogP) is 0.154. The number of primary amides is 1. The van der Waals surface area contributed by atoms with Crippen LogP contribution in [0.1, 0.15) is 5.56 Å². The molecule has 0 aromatic carbocycles. The fourth-order valence-corrected chi connectivity index (χ4v) is 0.901. The summed E-state index contributed by atoms with van der Waals surface area (Å²) in [6.07, 6.45) is 1.45. The van der Waals surface area contributed by atoms with Crippen LogP contribution in [0.5, 0.6) is 0 Å². The van der Waals surface area contributed by atoms with E-state index >= 15 is 0 Å². The average Bonchev–Trinajstić information content (AvgIpc) is 2.03. The van der Waals surface area contributed by atoms with Gasteiger partial charge in [0.25, 0.3) is 5.91 Å². The van der Waals surface area contributed by atoms with Crippen LogP contribution >= 0.6 is 11.6 Å². The Balaban J connectivity index is 3.16. The Labute approximate surface area is 79.9 Å². The molecule has 0 radical (unpaired) electrons. The Hall–Kier alpha value is -1.73. The molecule has 0 fully saturated rings. The number of hydrogen-bond acceptors (Lipinski definition) is 3. The molecule has 1 amide bonds. The van der Waals surface area contributed by atoms with Crippen LogP contribution in [0.4, 0.5) is 5.82 Å². The second-order valence-corrected chi connectivity index (χ2v) is 2.57. The lowest BCUT2D eigenvalue weighted by Crippen LogP contribution is -2.06. The van der Waals surface area contributed by atoms with Gasteiger partial charge in [0.2, 0.25) is 0 Å². The van der Waals surface area contributed by atoms with Crippen molar-refractivity contribution < 1.29 is 4.79 Å². The van der Waals surface area contributed by atoms with Gasteiger partial charge in [-0.1, -0.05) is 17.5 Å². The van der Waals surface area contributed by atoms with Crippen LogP contribution < -0.4 is 11.5 Å². The van der Waals surface area contributed by atoms with Crippen molar-refractivity contribution in [3.63, 3.8) is 0 Å². The molecule has 4 nitrogen and oxygen atoms in total. The van der Waals surface area contributed by atoms with Crippen LogP contribution in [0.3, 0.4) is 0 Å². The summed E-state index contributed by atoms with van der Waals surface area (Å²) in [4.78, 5) is 14.1. The Kier molecular flexibility index (Phi) is 2.72. The highest BCUT2D eigenvalue weighted by atomic mass is 35.5. The van der Waals surface area contributed by atoms with Crippen molar-refractivity contribution >= 4 is 23.3 Å². The van der Waals surface area contributed by atoms with E-state index in [0.29, 0.717) is 10.6 Å². The Morgan fingerprint density at radius 1 is 1.62 bits per heavy atom. The maximum absolute atomic E-state index is 10.3. The number of pyridine rings is 1. The molecule has 0 bridgehead atoms. The van der Waals surface area contributed by atoms with Crippen molar-refractivity contribution in [2.24, 2.45) is 5.73 Å². The molecule has 4 N–H and O–H groups in total. The first-order valence-electron chi connectivity index (χ1n) is 3.32. The van der Waals surface area contributed by atoms with Crippen molar-refractivity contribution in [1.29, 1.82) is 0 Å². The molecule has 0 aliphatic heterocycles. The summed E-state index contributed by atoms with van der Waals surface area (Å²) in [6, 6.07) is 1.53. The lowest BCUT2D eigenvalue weighted by atomic mass is 10.2. The van der Waals surface area contributed by atoms with E-state index in [9.17, 15) is 4.79 Å². The average molecular weight is 196 g/mol. The molecule has 0 aliphatic carbocycles. The van der Waals surface area contributed by atoms with Crippen molar-refractivity contribution in [2.75, 3.05) is 5.73 Å². The highest BCUT2D eigenvalue weighted by Crippen LogP contribution is 2.17. The molecule has 0 saturated carbocycles. The van der Waals surface area contributed by atoms with E-state index in [1.165, 1.54) is 12.3 Å². The SMILES string of the molecule is NC(=O)C#Cc1c(Cl)ccnc1N. The Morgan fingerprint density at radius 3 is 2.85 bits per heavy atom. The predicted molar refractivity (Wildman–Crippen MR) is 49.7 cm³/mol. The molecular weight excluding hydrogens is 190 g/mol. The smallest absolute Gasteiger partial charge is 0.293 e. The van der Waals surface area contributed by atoms with E-state index in [2.05, 4.69) is 16.8 Å². The molecule has 1 rings (SSSR count). The number of aromatic nitrogens is 1. The molecule has 0 atom stereocenters. The first-order chi connectivity index (χ1) is 6.11. The van der Waals surface area contributed by atoms with Gasteiger partial charge in [-0.2, -0.15) is 0 Å². The van der Waals surface area contributed by atoms with Crippen molar-refractivity contribution in [3.05, 3.63) is 22.8 Å². The van der Waals surface area contributed by atoms with Gasteiger partial charge in [-0.05, 0) is 6.07 Å². The number of nitrogens with zero attached hydrogens (tertiary/aromatic N) is 1. The van der Waals surface area contributed by atoms with Gasteiger partial charge in [-0.3, -0.25) is 4.79 Å². The molecule has 0 spiro atoms. The summed E-state index contributed by atoms with van der Waals surface area (Å²) in [5.41, 5.74) is 10.6. The molecule has 5 heteroatoms. The third kappa shape index (κ3) is 2.36. The highest BCUT2D eigenvalue weighted by molar-refractivity contribution is 6.32. The van der Waals surface area contributed by atoms with Gasteiger partial charge in [-0.15, -0.1) is 0 Å². The first-order valence-corrected chi connectivity index (χ1v) is 3.70. The number of halogens is 1. The molecule has 0 saturated heterocycles. The summed E-state index contributed by atoms with van der Waals surface area (Å²) in [5.74, 6) is 4.01. The quantitative estimate of drug-likeness (QED) is 0.579. The van der Waals surface area contributed by atoms with E-state index in [-0.39, 0.29) is 5.82 Å². The fraction of sp³-hybridized carbons (Fsp3) is 0. The third-order valence-corrected chi connectivity index (χ3v) is 1.56. The zero-order valence-corrected chi connectivity index (χ0v) is 7.30. The van der Waals surface area contributed by atoms with Crippen molar-refractivity contribution in [3.8, 4) is 11.8 Å². The topological polar surface area (TPSA) is 82.0 Å². The van der Waals surface area contributed by atoms with Crippen LogP contribution in [-0.2, 0) is 4.79 Å². The number of anilines is 1. The minimum absolute atomic E-state index is 0.182. The molecule has 1 aromatic heterocycles. The zero-order valence-electron chi connectivity index (χ0n) is 6.54. The van der Waals surface area contributed by atoms with Gasteiger partial charge in [0.1, 0.15) is 5.82 Å². The lowest BCUT2D eigenvalue weighted by molar-refractivity contribution is -0.112. The molecule has 0 aliphatic rings. The van der Waals surface area contributed by atoms with Crippen molar-refractivity contribution in [2.45, 2.75) is 0 Å². The van der Waals surface area contributed by atoms with Gasteiger partial charge in [0.15, 0.2) is 0 Å². The summed E-state index contributed by atoms with van der Waals surface area (Å²) in [5, 5.41) is 0.348. The van der Waals surface area contributed by atoms with Gasteiger partial charge >= 0.3 is 0 Å². The Bertz CT molecular complexity index is 385. The summed E-state index contributed by atoms with van der Waals surface area (Å²) >= 11 is 5.74. The number of rotatable bonds is 0. The van der Waals surface area contributed by atoms with Crippen molar-refractivity contribution in [1.82, 2.24) is 4.98 Å². The molecule has 0 unspecified atom stereocenters. The van der Waals surface area contributed by atoms with Crippen LogP contribution in [0.2, 0.25) is 5.02 Å². The van der Waals surface area contributed by atoms with E-state index in [0.717, 1.165) is 0 Å². The monoisotopic (exact) mass is 195 g/mol. The molecule has 66 valence electrons. The number of nitrogen functional groups attached to an aromatic ring is 1. The number of carbonyl (C=O) groups excluding carboxylic acids is 1. The van der Waals surface area contributed by atoms with Crippen LogP contribution in [0, 0.1) is 11.8 Å². The molecule has 13 heavy (non-hydrogen) atoms. The highest BCUT2D eigenvalue weighted by Gasteiger charge is 2.01. The van der Waals surface area contributed by atoms with Crippen LogP contribution in [0.25, 0.3) is 0 Å². The van der Waals surface area contributed by atoms with Crippen LogP contribution in [-0.4, -0.2) is 10.9 Å². The molecular formula is C8H6ClN3O. The number of hydrogen-bond donors (Lipinski definition) is 2. The fourth-order valence-electron chi connectivity index (χ4n) is 0.701. The van der Waals surface area contributed by atoms with E-state index < -0.39 is 5.91 Å². The Morgan fingerprint density at radius 2 is 2.31 bits per heavy atom. The summed E-state index contributed by atoms with van der Waals surface area (Å²) < 4.78 is 0. The third-order valence-electron chi connectivity index (χ3n) is 1.24. The number of carbonyl (C=O) groups is 1. The summed E-state index contributed by atoms with van der Waals surface area (Å²) in [6.45, 7) is 0. The van der Waals surface area contributed by atoms with Gasteiger partial charge < -0.3 is 11.5 Å². The standard InChI is InChI=1S/C8H6ClN3O/c9-6-3-4-12-8(11)5(6)1-2-7(10)13/h3-4H,(H2,10,13)(H2,11,12).